The molecule has 0 aliphatic rings. The molecule has 1 atom stereocenters. The Bertz CT molecular complexity index is 284. The molecule has 0 heterocycles. The van der Waals surface area contributed by atoms with E-state index in [0.717, 1.165) is 12.8 Å². The van der Waals surface area contributed by atoms with Gasteiger partial charge in [0.25, 0.3) is 0 Å². The summed E-state index contributed by atoms with van der Waals surface area (Å²) in [5.41, 5.74) is 9.99. The van der Waals surface area contributed by atoms with E-state index in [0.29, 0.717) is 0 Å². The lowest BCUT2D eigenvalue weighted by molar-refractivity contribution is 0.635. The van der Waals surface area contributed by atoms with E-state index in [1.54, 1.807) is 0 Å². The van der Waals surface area contributed by atoms with E-state index in [4.69, 9.17) is 5.73 Å². The quantitative estimate of drug-likeness (QED) is 0.817. The van der Waals surface area contributed by atoms with Crippen LogP contribution in [0.3, 0.4) is 0 Å². The average Bonchev–Trinajstić information content (AvgIpc) is 2.04. The molecular weight excluding hydrogens is 194 g/mol. The van der Waals surface area contributed by atoms with Crippen LogP contribution in [0.5, 0.6) is 0 Å². The molecule has 1 aromatic rings. The Morgan fingerprint density at radius 1 is 1.29 bits per heavy atom. The van der Waals surface area contributed by atoms with Crippen molar-refractivity contribution >= 4 is 12.4 Å². The first kappa shape index (κ1) is 13.5. The van der Waals surface area contributed by atoms with Gasteiger partial charge in [0.15, 0.2) is 0 Å². The van der Waals surface area contributed by atoms with Crippen molar-refractivity contribution in [1.82, 2.24) is 0 Å². The number of nitrogens with two attached hydrogens (primary N) is 1. The Balaban J connectivity index is 0.00000169. The fourth-order valence-corrected chi connectivity index (χ4v) is 1.71. The van der Waals surface area contributed by atoms with E-state index in [9.17, 15) is 0 Å². The summed E-state index contributed by atoms with van der Waals surface area (Å²) in [7, 11) is 0. The molecule has 0 radical (unpaired) electrons. The maximum absolute atomic E-state index is 6.06. The van der Waals surface area contributed by atoms with Gasteiger partial charge in [-0.3, -0.25) is 0 Å². The minimum atomic E-state index is 0. The van der Waals surface area contributed by atoms with Crippen LogP contribution >= 0.6 is 12.4 Å². The predicted molar refractivity (Wildman–Crippen MR) is 65.0 cm³/mol. The van der Waals surface area contributed by atoms with Gasteiger partial charge in [-0.25, -0.2) is 0 Å². The first-order chi connectivity index (χ1) is 6.15. The zero-order valence-corrected chi connectivity index (χ0v) is 10.0. The normalized spacial score (nSPS) is 12.0. The third-order valence-corrected chi connectivity index (χ3v) is 2.42. The molecule has 0 amide bonds. The summed E-state index contributed by atoms with van der Waals surface area (Å²) < 4.78 is 0. The van der Waals surface area contributed by atoms with Crippen LogP contribution < -0.4 is 5.73 Å². The molecule has 0 unspecified atom stereocenters. The Hall–Kier alpha value is -0.530. The summed E-state index contributed by atoms with van der Waals surface area (Å²) in [5.74, 6) is 0. The summed E-state index contributed by atoms with van der Waals surface area (Å²) in [6.07, 6.45) is 2.22. The Labute approximate surface area is 93.1 Å². The fraction of sp³-hybridized carbons (Fsp3) is 0.500. The van der Waals surface area contributed by atoms with Crippen molar-refractivity contribution in [3.8, 4) is 0 Å². The number of hydrogen-bond donors (Lipinski definition) is 1. The molecule has 1 aromatic carbocycles. The molecule has 0 spiro atoms. The van der Waals surface area contributed by atoms with E-state index in [2.05, 4.69) is 39.0 Å². The molecule has 2 N–H and O–H groups in total. The Morgan fingerprint density at radius 3 is 2.43 bits per heavy atom. The molecule has 0 saturated carbocycles. The largest absolute Gasteiger partial charge is 0.324 e. The van der Waals surface area contributed by atoms with Crippen molar-refractivity contribution < 1.29 is 0 Å². The summed E-state index contributed by atoms with van der Waals surface area (Å²) >= 11 is 0. The van der Waals surface area contributed by atoms with Crippen molar-refractivity contribution in [1.29, 1.82) is 0 Å². The first-order valence-electron chi connectivity index (χ1n) is 4.98. The highest BCUT2D eigenvalue weighted by Crippen LogP contribution is 2.20. The third-order valence-electron chi connectivity index (χ3n) is 2.42. The van der Waals surface area contributed by atoms with Gasteiger partial charge in [-0.2, -0.15) is 0 Å². The van der Waals surface area contributed by atoms with Crippen LogP contribution in [0.25, 0.3) is 0 Å². The van der Waals surface area contributed by atoms with Gasteiger partial charge >= 0.3 is 0 Å². The lowest BCUT2D eigenvalue weighted by Crippen LogP contribution is -2.11. The third kappa shape index (κ3) is 3.32. The lowest BCUT2D eigenvalue weighted by atomic mass is 9.97. The van der Waals surface area contributed by atoms with Gasteiger partial charge in [-0.15, -0.1) is 12.4 Å². The number of hydrogen-bond acceptors (Lipinski definition) is 1. The van der Waals surface area contributed by atoms with Crippen molar-refractivity contribution in [3.63, 3.8) is 0 Å². The van der Waals surface area contributed by atoms with Gasteiger partial charge in [0, 0.05) is 6.04 Å². The van der Waals surface area contributed by atoms with Gasteiger partial charge in [0.2, 0.25) is 0 Å². The van der Waals surface area contributed by atoms with E-state index in [1.807, 2.05) is 0 Å². The van der Waals surface area contributed by atoms with Crippen LogP contribution in [0.15, 0.2) is 18.2 Å². The maximum Gasteiger partial charge on any atom is 0.0297 e. The van der Waals surface area contributed by atoms with Crippen molar-refractivity contribution in [3.05, 3.63) is 34.9 Å². The minimum Gasteiger partial charge on any atom is -0.324 e. The van der Waals surface area contributed by atoms with Crippen LogP contribution in [0, 0.1) is 13.8 Å². The molecule has 0 saturated heterocycles. The van der Waals surface area contributed by atoms with Crippen LogP contribution in [-0.4, -0.2) is 0 Å². The molecule has 0 aliphatic carbocycles. The monoisotopic (exact) mass is 213 g/mol. The van der Waals surface area contributed by atoms with Gasteiger partial charge in [0.1, 0.15) is 0 Å². The number of rotatable bonds is 3. The Morgan fingerprint density at radius 2 is 1.93 bits per heavy atom. The SMILES string of the molecule is CCC[C@@H](N)c1ccc(C)cc1C.Cl. The van der Waals surface area contributed by atoms with E-state index in [1.165, 1.54) is 16.7 Å². The van der Waals surface area contributed by atoms with Gasteiger partial charge in [-0.1, -0.05) is 37.1 Å². The topological polar surface area (TPSA) is 26.0 Å². The van der Waals surface area contributed by atoms with Gasteiger partial charge in [-0.05, 0) is 31.4 Å². The van der Waals surface area contributed by atoms with Crippen LogP contribution in [0.1, 0.15) is 42.5 Å². The lowest BCUT2D eigenvalue weighted by Gasteiger charge is -2.14. The molecule has 80 valence electrons. The Kier molecular flexibility index (Phi) is 5.82. The predicted octanol–water partition coefficient (Wildman–Crippen LogP) is 3.53. The minimum absolute atomic E-state index is 0. The van der Waals surface area contributed by atoms with Crippen LogP contribution in [-0.2, 0) is 0 Å². The second kappa shape index (κ2) is 6.05. The van der Waals surface area contributed by atoms with Crippen LogP contribution in [0.2, 0.25) is 0 Å². The van der Waals surface area contributed by atoms with E-state index >= 15 is 0 Å². The molecule has 1 rings (SSSR count). The molecule has 0 aromatic heterocycles. The number of aryl methyl sites for hydroxylation is 2. The molecule has 14 heavy (non-hydrogen) atoms. The molecule has 1 nitrogen and oxygen atoms in total. The summed E-state index contributed by atoms with van der Waals surface area (Å²) in [4.78, 5) is 0. The zero-order valence-electron chi connectivity index (χ0n) is 9.21. The molecule has 2 heteroatoms. The van der Waals surface area contributed by atoms with Gasteiger partial charge < -0.3 is 5.73 Å². The van der Waals surface area contributed by atoms with E-state index in [-0.39, 0.29) is 18.4 Å². The van der Waals surface area contributed by atoms with Crippen molar-refractivity contribution in [2.75, 3.05) is 0 Å². The summed E-state index contributed by atoms with van der Waals surface area (Å²) in [6, 6.07) is 6.71. The highest BCUT2D eigenvalue weighted by Gasteiger charge is 2.06. The smallest absolute Gasteiger partial charge is 0.0297 e. The molecule has 0 aliphatic heterocycles. The maximum atomic E-state index is 6.06. The second-order valence-corrected chi connectivity index (χ2v) is 3.76. The van der Waals surface area contributed by atoms with Crippen LogP contribution in [0.4, 0.5) is 0 Å². The molecular formula is C12H20ClN. The fourth-order valence-electron chi connectivity index (χ4n) is 1.71. The van der Waals surface area contributed by atoms with Crippen molar-refractivity contribution in [2.45, 2.75) is 39.7 Å². The number of halogens is 1. The second-order valence-electron chi connectivity index (χ2n) is 3.76. The summed E-state index contributed by atoms with van der Waals surface area (Å²) in [6.45, 7) is 6.42. The zero-order chi connectivity index (χ0) is 9.84. The average molecular weight is 214 g/mol. The first-order valence-corrected chi connectivity index (χ1v) is 4.98. The standard InChI is InChI=1S/C12H19N.ClH/c1-4-5-12(13)11-7-6-9(2)8-10(11)3;/h6-8,12H,4-5,13H2,1-3H3;1H/t12-;/m1./s1. The van der Waals surface area contributed by atoms with E-state index < -0.39 is 0 Å². The highest BCUT2D eigenvalue weighted by atomic mass is 35.5. The molecule has 0 fully saturated rings. The van der Waals surface area contributed by atoms with Crippen molar-refractivity contribution in [2.24, 2.45) is 5.73 Å². The number of benzene rings is 1. The highest BCUT2D eigenvalue weighted by molar-refractivity contribution is 5.85. The van der Waals surface area contributed by atoms with Gasteiger partial charge in [0.05, 0.1) is 0 Å². The molecule has 0 bridgehead atoms. The summed E-state index contributed by atoms with van der Waals surface area (Å²) in [5, 5.41) is 0.